The van der Waals surface area contributed by atoms with Crippen LogP contribution < -0.4 is 10.6 Å². The number of halogens is 3. The van der Waals surface area contributed by atoms with Crippen LogP contribution >= 0.6 is 0 Å². The molecule has 2 rings (SSSR count). The molecule has 0 spiro atoms. The zero-order chi connectivity index (χ0) is 14.8. The molecule has 0 saturated heterocycles. The number of hydrogen-bond donors (Lipinski definition) is 2. The highest BCUT2D eigenvalue weighted by molar-refractivity contribution is 5.99. The zero-order valence-corrected chi connectivity index (χ0v) is 11.2. The summed E-state index contributed by atoms with van der Waals surface area (Å²) in [4.78, 5) is 11.3. The Morgan fingerprint density at radius 1 is 1.40 bits per heavy atom. The number of fused-ring (bicyclic) bond motifs is 1. The molecule has 0 saturated carbocycles. The Hall–Kier alpha value is -1.56. The molecule has 1 amide bonds. The minimum absolute atomic E-state index is 0.119. The van der Waals surface area contributed by atoms with Gasteiger partial charge in [0.25, 0.3) is 0 Å². The lowest BCUT2D eigenvalue weighted by atomic mass is 9.99. The molecule has 1 aliphatic heterocycles. The molecule has 3 nitrogen and oxygen atoms in total. The van der Waals surface area contributed by atoms with Crippen molar-refractivity contribution < 1.29 is 18.0 Å². The summed E-state index contributed by atoms with van der Waals surface area (Å²) in [7, 11) is 0. The zero-order valence-electron chi connectivity index (χ0n) is 11.2. The molecule has 0 radical (unpaired) electrons. The van der Waals surface area contributed by atoms with Crippen molar-refractivity contribution in [1.82, 2.24) is 5.32 Å². The van der Waals surface area contributed by atoms with Crippen LogP contribution in [0, 0.1) is 0 Å². The Kier molecular flexibility index (Phi) is 4.32. The van der Waals surface area contributed by atoms with Crippen molar-refractivity contribution in [1.29, 1.82) is 0 Å². The highest BCUT2D eigenvalue weighted by Gasteiger charge is 2.33. The van der Waals surface area contributed by atoms with Crippen molar-refractivity contribution in [3.05, 3.63) is 29.3 Å². The lowest BCUT2D eigenvalue weighted by Gasteiger charge is -2.21. The van der Waals surface area contributed by atoms with Gasteiger partial charge in [0, 0.05) is 11.7 Å². The summed E-state index contributed by atoms with van der Waals surface area (Å²) in [5.41, 5.74) is 2.03. The molecule has 6 heteroatoms. The average molecular weight is 286 g/mol. The predicted molar refractivity (Wildman–Crippen MR) is 70.5 cm³/mol. The fraction of sp³-hybridized carbons (Fsp3) is 0.500. The van der Waals surface area contributed by atoms with E-state index in [0.29, 0.717) is 17.8 Å². The fourth-order valence-corrected chi connectivity index (χ4v) is 2.32. The molecule has 0 bridgehead atoms. The second-order valence-electron chi connectivity index (χ2n) is 4.97. The molecular weight excluding hydrogens is 269 g/mol. The molecule has 20 heavy (non-hydrogen) atoms. The molecule has 1 atom stereocenters. The molecule has 1 aromatic carbocycles. The molecule has 0 aliphatic carbocycles. The van der Waals surface area contributed by atoms with Crippen molar-refractivity contribution in [3.8, 4) is 0 Å². The van der Waals surface area contributed by atoms with Crippen molar-refractivity contribution in [2.24, 2.45) is 0 Å². The third-order valence-electron chi connectivity index (χ3n) is 3.23. The van der Waals surface area contributed by atoms with E-state index in [2.05, 4.69) is 10.6 Å². The van der Waals surface area contributed by atoms with E-state index < -0.39 is 18.6 Å². The maximum Gasteiger partial charge on any atom is 0.390 e. The van der Waals surface area contributed by atoms with E-state index in [-0.39, 0.29) is 12.3 Å². The Labute approximate surface area is 115 Å². The second-order valence-corrected chi connectivity index (χ2v) is 4.97. The lowest BCUT2D eigenvalue weighted by molar-refractivity contribution is -0.140. The van der Waals surface area contributed by atoms with E-state index in [1.165, 1.54) is 0 Å². The standard InChI is InChI=1S/C14H17F3N2O/c1-2-5-18-12(8-14(15,16)17)9-3-4-11-10(6-9)7-13(20)19-11/h3-4,6,12,18H,2,5,7-8H2,1H3,(H,19,20). The Balaban J connectivity index is 2.20. The quantitative estimate of drug-likeness (QED) is 0.873. The molecule has 1 aromatic rings. The molecule has 0 aromatic heterocycles. The Morgan fingerprint density at radius 2 is 2.15 bits per heavy atom. The number of carbonyl (C=O) groups excluding carboxylic acids is 1. The van der Waals surface area contributed by atoms with Gasteiger partial charge in [-0.05, 0) is 30.2 Å². The summed E-state index contributed by atoms with van der Waals surface area (Å²) in [6.45, 7) is 2.43. The van der Waals surface area contributed by atoms with Crippen LogP contribution in [0.3, 0.4) is 0 Å². The summed E-state index contributed by atoms with van der Waals surface area (Å²) >= 11 is 0. The predicted octanol–water partition coefficient (Wildman–Crippen LogP) is 3.17. The van der Waals surface area contributed by atoms with E-state index in [1.54, 1.807) is 18.2 Å². The maximum atomic E-state index is 12.6. The van der Waals surface area contributed by atoms with E-state index in [4.69, 9.17) is 0 Å². The van der Waals surface area contributed by atoms with Crippen LogP contribution in [0.1, 0.15) is 36.9 Å². The van der Waals surface area contributed by atoms with Crippen LogP contribution in [0.2, 0.25) is 0 Å². The van der Waals surface area contributed by atoms with Gasteiger partial charge in [0.15, 0.2) is 0 Å². The van der Waals surface area contributed by atoms with E-state index >= 15 is 0 Å². The summed E-state index contributed by atoms with van der Waals surface area (Å²) < 4.78 is 37.9. The second kappa shape index (κ2) is 5.83. The van der Waals surface area contributed by atoms with E-state index in [9.17, 15) is 18.0 Å². The highest BCUT2D eigenvalue weighted by atomic mass is 19.4. The number of amides is 1. The third kappa shape index (κ3) is 3.72. The molecule has 2 N–H and O–H groups in total. The summed E-state index contributed by atoms with van der Waals surface area (Å²) in [6.07, 6.45) is -4.14. The monoisotopic (exact) mass is 286 g/mol. The molecule has 0 fully saturated rings. The number of nitrogens with one attached hydrogen (secondary N) is 2. The first-order valence-corrected chi connectivity index (χ1v) is 6.62. The molecule has 1 unspecified atom stereocenters. The van der Waals surface area contributed by atoms with Crippen molar-refractivity contribution in [2.75, 3.05) is 11.9 Å². The summed E-state index contributed by atoms with van der Waals surface area (Å²) in [6, 6.07) is 4.23. The Morgan fingerprint density at radius 3 is 2.80 bits per heavy atom. The maximum absolute atomic E-state index is 12.6. The van der Waals surface area contributed by atoms with Gasteiger partial charge < -0.3 is 10.6 Å². The largest absolute Gasteiger partial charge is 0.390 e. The first kappa shape index (κ1) is 14.8. The van der Waals surface area contributed by atoms with Gasteiger partial charge in [-0.1, -0.05) is 19.1 Å². The first-order chi connectivity index (χ1) is 9.39. The van der Waals surface area contributed by atoms with Gasteiger partial charge in [-0.25, -0.2) is 0 Å². The molecule has 110 valence electrons. The highest BCUT2D eigenvalue weighted by Crippen LogP contribution is 2.32. The van der Waals surface area contributed by atoms with Gasteiger partial charge in [0.2, 0.25) is 5.91 Å². The van der Waals surface area contributed by atoms with Crippen LogP contribution in [0.15, 0.2) is 18.2 Å². The number of anilines is 1. The number of hydrogen-bond acceptors (Lipinski definition) is 2. The van der Waals surface area contributed by atoms with Gasteiger partial charge in [0.05, 0.1) is 12.8 Å². The SMILES string of the molecule is CCCNC(CC(F)(F)F)c1ccc2c(c1)CC(=O)N2. The lowest BCUT2D eigenvalue weighted by Crippen LogP contribution is -2.27. The minimum Gasteiger partial charge on any atom is -0.326 e. The van der Waals surface area contributed by atoms with Crippen molar-refractivity contribution >= 4 is 11.6 Å². The van der Waals surface area contributed by atoms with Crippen LogP contribution in [0.5, 0.6) is 0 Å². The van der Waals surface area contributed by atoms with Crippen LogP contribution in [-0.2, 0) is 11.2 Å². The number of carbonyl (C=O) groups is 1. The van der Waals surface area contributed by atoms with E-state index in [1.807, 2.05) is 6.92 Å². The molecule has 1 heterocycles. The van der Waals surface area contributed by atoms with Crippen LogP contribution in [0.25, 0.3) is 0 Å². The topological polar surface area (TPSA) is 41.1 Å². The van der Waals surface area contributed by atoms with Crippen molar-refractivity contribution in [2.45, 2.75) is 38.4 Å². The number of rotatable bonds is 5. The van der Waals surface area contributed by atoms with Gasteiger partial charge in [-0.2, -0.15) is 13.2 Å². The summed E-state index contributed by atoms with van der Waals surface area (Å²) in [5, 5.41) is 5.59. The minimum atomic E-state index is -4.22. The van der Waals surface area contributed by atoms with Crippen LogP contribution in [0.4, 0.5) is 18.9 Å². The van der Waals surface area contributed by atoms with Gasteiger partial charge in [-0.3, -0.25) is 4.79 Å². The number of benzene rings is 1. The normalized spacial score (nSPS) is 15.9. The summed E-state index contributed by atoms with van der Waals surface area (Å²) in [5.74, 6) is -0.119. The third-order valence-corrected chi connectivity index (χ3v) is 3.23. The van der Waals surface area contributed by atoms with Gasteiger partial charge >= 0.3 is 6.18 Å². The van der Waals surface area contributed by atoms with Gasteiger partial charge in [0.1, 0.15) is 0 Å². The average Bonchev–Trinajstić information content (AvgIpc) is 2.72. The van der Waals surface area contributed by atoms with E-state index in [0.717, 1.165) is 12.0 Å². The Bertz CT molecular complexity index is 500. The smallest absolute Gasteiger partial charge is 0.326 e. The van der Waals surface area contributed by atoms with Crippen LogP contribution in [-0.4, -0.2) is 18.6 Å². The molecular formula is C14H17F3N2O. The molecule has 1 aliphatic rings. The first-order valence-electron chi connectivity index (χ1n) is 6.62. The van der Waals surface area contributed by atoms with Crippen molar-refractivity contribution in [3.63, 3.8) is 0 Å². The van der Waals surface area contributed by atoms with Gasteiger partial charge in [-0.15, -0.1) is 0 Å². The fourth-order valence-electron chi connectivity index (χ4n) is 2.32. The number of alkyl halides is 3.